The summed E-state index contributed by atoms with van der Waals surface area (Å²) in [5.41, 5.74) is 4.25. The van der Waals surface area contributed by atoms with E-state index in [1.165, 1.54) is 11.3 Å². The van der Waals surface area contributed by atoms with Crippen molar-refractivity contribution in [2.75, 3.05) is 18.5 Å². The van der Waals surface area contributed by atoms with Crippen LogP contribution < -0.4 is 14.6 Å². The number of thiazole rings is 1. The van der Waals surface area contributed by atoms with E-state index in [1.807, 2.05) is 48.5 Å². The average Bonchev–Trinajstić information content (AvgIpc) is 3.23. The summed E-state index contributed by atoms with van der Waals surface area (Å²) in [4.78, 5) is 0. The molecular formula is C24H23N4O2S+. The van der Waals surface area contributed by atoms with Crippen LogP contribution in [0.15, 0.2) is 88.4 Å². The molecule has 0 atom stereocenters. The lowest BCUT2D eigenvalue weighted by molar-refractivity contribution is -0.565. The van der Waals surface area contributed by atoms with Crippen LogP contribution >= 0.6 is 11.3 Å². The van der Waals surface area contributed by atoms with Crippen molar-refractivity contribution in [2.45, 2.75) is 7.43 Å². The minimum atomic E-state index is 0. The van der Waals surface area contributed by atoms with Crippen molar-refractivity contribution in [1.29, 1.82) is 0 Å². The zero-order valence-corrected chi connectivity index (χ0v) is 16.8. The molecule has 0 saturated heterocycles. The molecule has 0 saturated carbocycles. The first-order valence-electron chi connectivity index (χ1n) is 9.59. The lowest BCUT2D eigenvalue weighted by Crippen LogP contribution is -2.30. The van der Waals surface area contributed by atoms with Gasteiger partial charge in [0.15, 0.2) is 11.4 Å². The van der Waals surface area contributed by atoms with Gasteiger partial charge in [-0.05, 0) is 28.6 Å². The van der Waals surface area contributed by atoms with Gasteiger partial charge in [-0.2, -0.15) is 4.57 Å². The van der Waals surface area contributed by atoms with E-state index in [1.54, 1.807) is 12.1 Å². The van der Waals surface area contributed by atoms with E-state index in [-0.39, 0.29) is 13.2 Å². The highest BCUT2D eigenvalue weighted by Gasteiger charge is 2.23. The number of phenols is 1. The average molecular weight is 432 g/mol. The van der Waals surface area contributed by atoms with Gasteiger partial charge in [-0.25, -0.2) is 0 Å². The summed E-state index contributed by atoms with van der Waals surface area (Å²) in [5.74, 6) is 0.724. The zero-order chi connectivity index (χ0) is 20.3. The van der Waals surface area contributed by atoms with Crippen LogP contribution in [0.5, 0.6) is 11.5 Å². The Morgan fingerprint density at radius 1 is 0.968 bits per heavy atom. The van der Waals surface area contributed by atoms with Gasteiger partial charge in [0.1, 0.15) is 23.8 Å². The maximum atomic E-state index is 10.4. The van der Waals surface area contributed by atoms with Gasteiger partial charge in [-0.15, -0.1) is 0 Å². The number of nitrogens with zero attached hydrogens (tertiary/aromatic N) is 3. The van der Waals surface area contributed by atoms with Gasteiger partial charge in [0, 0.05) is 29.6 Å². The Bertz CT molecular complexity index is 1210. The number of rotatable bonds is 4. The molecular weight excluding hydrogens is 408 g/mol. The van der Waals surface area contributed by atoms with Crippen molar-refractivity contribution in [3.8, 4) is 28.4 Å². The Balaban J connectivity index is 0.00000231. The van der Waals surface area contributed by atoms with Gasteiger partial charge >= 0.3 is 5.13 Å². The fourth-order valence-corrected chi connectivity index (χ4v) is 4.21. The van der Waals surface area contributed by atoms with Gasteiger partial charge in [0.25, 0.3) is 0 Å². The Kier molecular flexibility index (Phi) is 5.95. The molecule has 1 aliphatic heterocycles. The summed E-state index contributed by atoms with van der Waals surface area (Å²) in [6, 6.07) is 23.6. The smallest absolute Gasteiger partial charge is 0.414 e. The van der Waals surface area contributed by atoms with Crippen molar-refractivity contribution >= 4 is 27.8 Å². The molecule has 3 aromatic carbocycles. The number of benzene rings is 3. The SMILES string of the molecule is C.Oc1cc2c(cc1N=Nc1scc(-c3ccccc3)[n+]1-c1ccccc1)OCCN2. The number of hydrogen-bond acceptors (Lipinski definition) is 6. The van der Waals surface area contributed by atoms with Crippen LogP contribution in [0.2, 0.25) is 0 Å². The van der Waals surface area contributed by atoms with Crippen LogP contribution in [0.1, 0.15) is 7.43 Å². The summed E-state index contributed by atoms with van der Waals surface area (Å²) in [5, 5.41) is 25.1. The summed E-state index contributed by atoms with van der Waals surface area (Å²) in [6.45, 7) is 1.29. The first kappa shape index (κ1) is 20.6. The zero-order valence-electron chi connectivity index (χ0n) is 16.0. The quantitative estimate of drug-likeness (QED) is 0.296. The predicted octanol–water partition coefficient (Wildman–Crippen LogP) is 6.25. The first-order chi connectivity index (χ1) is 14.8. The van der Waals surface area contributed by atoms with E-state index < -0.39 is 0 Å². The Morgan fingerprint density at radius 3 is 2.48 bits per heavy atom. The number of ether oxygens (including phenoxy) is 1. The summed E-state index contributed by atoms with van der Waals surface area (Å²) in [7, 11) is 0. The van der Waals surface area contributed by atoms with Gasteiger partial charge in [-0.3, -0.25) is 0 Å². The van der Waals surface area contributed by atoms with E-state index in [0.29, 0.717) is 29.7 Å². The number of para-hydroxylation sites is 1. The number of fused-ring (bicyclic) bond motifs is 1. The fourth-order valence-electron chi connectivity index (χ4n) is 3.36. The molecule has 31 heavy (non-hydrogen) atoms. The van der Waals surface area contributed by atoms with Gasteiger partial charge in [0.05, 0.1) is 10.8 Å². The molecule has 0 bridgehead atoms. The summed E-state index contributed by atoms with van der Waals surface area (Å²) < 4.78 is 7.71. The lowest BCUT2D eigenvalue weighted by atomic mass is 10.1. The number of hydrogen-bond donors (Lipinski definition) is 2. The van der Waals surface area contributed by atoms with Crippen molar-refractivity contribution < 1.29 is 14.4 Å². The molecule has 0 aliphatic carbocycles. The predicted molar refractivity (Wildman–Crippen MR) is 124 cm³/mol. The maximum absolute atomic E-state index is 10.4. The third-order valence-corrected chi connectivity index (χ3v) is 5.60. The van der Waals surface area contributed by atoms with E-state index >= 15 is 0 Å². The van der Waals surface area contributed by atoms with Crippen LogP contribution in [-0.2, 0) is 0 Å². The summed E-state index contributed by atoms with van der Waals surface area (Å²) >= 11 is 1.50. The standard InChI is InChI=1S/C23H18N4O2S.CH4/c28-21-13-19-22(29-12-11-24-19)14-18(21)25-26-23-27(17-9-5-2-6-10-17)20(15-30-23)16-7-3-1-4-8-16;/h1-10,13-15H,11-12H2,(H,24,28);1H4/p+1. The molecule has 0 spiro atoms. The molecule has 1 aromatic heterocycles. The van der Waals surface area contributed by atoms with Crippen LogP contribution in [-0.4, -0.2) is 18.3 Å². The number of azo groups is 1. The Labute approximate surface area is 185 Å². The Hall–Kier alpha value is -3.71. The van der Waals surface area contributed by atoms with Crippen LogP contribution in [0.3, 0.4) is 0 Å². The molecule has 1 aliphatic rings. The highest BCUT2D eigenvalue weighted by molar-refractivity contribution is 7.13. The summed E-state index contributed by atoms with van der Waals surface area (Å²) in [6.07, 6.45) is 0. The molecule has 156 valence electrons. The number of aromatic nitrogens is 1. The van der Waals surface area contributed by atoms with E-state index in [0.717, 1.165) is 22.6 Å². The number of aromatic hydroxyl groups is 1. The molecule has 6 nitrogen and oxygen atoms in total. The number of nitrogens with one attached hydrogen (secondary N) is 1. The van der Waals surface area contributed by atoms with E-state index in [9.17, 15) is 5.11 Å². The molecule has 2 heterocycles. The fraction of sp³-hybridized carbons (Fsp3) is 0.125. The monoisotopic (exact) mass is 431 g/mol. The highest BCUT2D eigenvalue weighted by atomic mass is 32.1. The molecule has 5 rings (SSSR count). The lowest BCUT2D eigenvalue weighted by Gasteiger charge is -2.19. The minimum Gasteiger partial charge on any atom is -0.505 e. The largest absolute Gasteiger partial charge is 0.505 e. The van der Waals surface area contributed by atoms with Crippen LogP contribution in [0.4, 0.5) is 16.5 Å². The van der Waals surface area contributed by atoms with Crippen LogP contribution in [0, 0.1) is 0 Å². The second-order valence-corrected chi connectivity index (χ2v) is 7.59. The normalized spacial score (nSPS) is 12.5. The molecule has 0 unspecified atom stereocenters. The second-order valence-electron chi connectivity index (χ2n) is 6.75. The third-order valence-electron chi connectivity index (χ3n) is 4.79. The van der Waals surface area contributed by atoms with Gasteiger partial charge < -0.3 is 15.2 Å². The Morgan fingerprint density at radius 2 is 1.71 bits per heavy atom. The maximum Gasteiger partial charge on any atom is 0.414 e. The second kappa shape index (κ2) is 8.97. The van der Waals surface area contributed by atoms with Crippen molar-refractivity contribution in [1.82, 2.24) is 0 Å². The molecule has 0 fully saturated rings. The van der Waals surface area contributed by atoms with Crippen LogP contribution in [0.25, 0.3) is 16.9 Å². The molecule has 4 aromatic rings. The van der Waals surface area contributed by atoms with Crippen molar-refractivity contribution in [3.05, 3.63) is 78.2 Å². The topological polar surface area (TPSA) is 70.1 Å². The minimum absolute atomic E-state index is 0. The molecule has 0 radical (unpaired) electrons. The third kappa shape index (κ3) is 4.13. The first-order valence-corrected chi connectivity index (χ1v) is 10.5. The van der Waals surface area contributed by atoms with E-state index in [4.69, 9.17) is 4.74 Å². The molecule has 7 heteroatoms. The van der Waals surface area contributed by atoms with Gasteiger partial charge in [0.2, 0.25) is 0 Å². The number of phenolic OH excluding ortho intramolecular Hbond substituents is 1. The van der Waals surface area contributed by atoms with Crippen molar-refractivity contribution in [2.24, 2.45) is 10.2 Å². The molecule has 0 amide bonds. The van der Waals surface area contributed by atoms with Gasteiger partial charge in [-0.1, -0.05) is 56.0 Å². The highest BCUT2D eigenvalue weighted by Crippen LogP contribution is 2.39. The number of anilines is 1. The van der Waals surface area contributed by atoms with E-state index in [2.05, 4.69) is 37.6 Å². The molecule has 2 N–H and O–H groups in total. The van der Waals surface area contributed by atoms with Crippen molar-refractivity contribution in [3.63, 3.8) is 0 Å².